The Labute approximate surface area is 192 Å². The number of benzene rings is 1. The standard InChI is InChI=1S/C23H29ClN6O2/c1-14-5-6-17(11-25)18(9-14)12-26-21(31)10-19-15(2)7-8-30(23(19)32)27-13-20-16(3)28-29(4)22(20)24/h5-9,27H,10-13,25H2,1-4H3,(H,26,31). The van der Waals surface area contributed by atoms with Crippen LogP contribution in [-0.2, 0) is 37.9 Å². The van der Waals surface area contributed by atoms with E-state index in [1.54, 1.807) is 17.9 Å². The minimum Gasteiger partial charge on any atom is -0.352 e. The van der Waals surface area contributed by atoms with E-state index in [1.165, 1.54) is 4.68 Å². The van der Waals surface area contributed by atoms with Crippen molar-refractivity contribution in [2.45, 2.75) is 46.8 Å². The SMILES string of the molecule is Cc1ccc(CN)c(CNC(=O)Cc2c(C)ccn(NCc3c(C)nn(C)c3Cl)c2=O)c1. The normalized spacial score (nSPS) is 10.9. The molecule has 4 N–H and O–H groups in total. The molecule has 3 aromatic rings. The predicted molar refractivity (Wildman–Crippen MR) is 126 cm³/mol. The van der Waals surface area contributed by atoms with Crippen LogP contribution in [0.25, 0.3) is 0 Å². The lowest BCUT2D eigenvalue weighted by molar-refractivity contribution is -0.120. The van der Waals surface area contributed by atoms with Crippen LogP contribution in [0.3, 0.4) is 0 Å². The molecule has 2 heterocycles. The Morgan fingerprint density at radius 3 is 2.53 bits per heavy atom. The van der Waals surface area contributed by atoms with E-state index in [0.717, 1.165) is 33.5 Å². The Kier molecular flexibility index (Phi) is 7.37. The number of halogens is 1. The molecule has 2 aromatic heterocycles. The van der Waals surface area contributed by atoms with E-state index in [0.29, 0.717) is 30.4 Å². The third kappa shape index (κ3) is 5.20. The fraction of sp³-hybridized carbons (Fsp3) is 0.348. The molecular formula is C23H29ClN6O2. The highest BCUT2D eigenvalue weighted by molar-refractivity contribution is 6.30. The van der Waals surface area contributed by atoms with Gasteiger partial charge in [-0.05, 0) is 43.5 Å². The van der Waals surface area contributed by atoms with Crippen molar-refractivity contribution in [2.24, 2.45) is 12.8 Å². The molecule has 0 saturated carbocycles. The average molecular weight is 457 g/mol. The summed E-state index contributed by atoms with van der Waals surface area (Å²) in [5.74, 6) is -0.224. The zero-order valence-corrected chi connectivity index (χ0v) is 19.6. The summed E-state index contributed by atoms with van der Waals surface area (Å²) in [6.07, 6.45) is 1.64. The van der Waals surface area contributed by atoms with E-state index in [4.69, 9.17) is 17.3 Å². The first-order chi connectivity index (χ1) is 15.2. The van der Waals surface area contributed by atoms with Gasteiger partial charge in [0.2, 0.25) is 5.91 Å². The number of pyridine rings is 1. The topological polar surface area (TPSA) is 107 Å². The van der Waals surface area contributed by atoms with Gasteiger partial charge in [0.25, 0.3) is 5.56 Å². The van der Waals surface area contributed by atoms with E-state index >= 15 is 0 Å². The minimum absolute atomic E-state index is 0.0103. The first-order valence-electron chi connectivity index (χ1n) is 10.4. The van der Waals surface area contributed by atoms with Gasteiger partial charge in [0.15, 0.2) is 0 Å². The van der Waals surface area contributed by atoms with Crippen molar-refractivity contribution in [1.82, 2.24) is 19.8 Å². The molecule has 0 saturated heterocycles. The van der Waals surface area contributed by atoms with E-state index in [9.17, 15) is 9.59 Å². The number of nitrogens with two attached hydrogens (primary N) is 1. The summed E-state index contributed by atoms with van der Waals surface area (Å²) in [5, 5.41) is 7.70. The molecule has 32 heavy (non-hydrogen) atoms. The van der Waals surface area contributed by atoms with Crippen LogP contribution in [-0.4, -0.2) is 20.4 Å². The van der Waals surface area contributed by atoms with Crippen LogP contribution >= 0.6 is 11.6 Å². The second-order valence-corrected chi connectivity index (χ2v) is 8.25. The average Bonchev–Trinajstić information content (AvgIpc) is 3.00. The number of hydrogen-bond acceptors (Lipinski definition) is 5. The van der Waals surface area contributed by atoms with Gasteiger partial charge in [0, 0.05) is 37.5 Å². The van der Waals surface area contributed by atoms with Gasteiger partial charge in [-0.25, -0.2) is 4.68 Å². The molecule has 0 unspecified atom stereocenters. The molecule has 0 atom stereocenters. The molecule has 170 valence electrons. The summed E-state index contributed by atoms with van der Waals surface area (Å²) < 4.78 is 2.97. The summed E-state index contributed by atoms with van der Waals surface area (Å²) in [6, 6.07) is 7.79. The highest BCUT2D eigenvalue weighted by Crippen LogP contribution is 2.18. The first-order valence-corrected chi connectivity index (χ1v) is 10.8. The summed E-state index contributed by atoms with van der Waals surface area (Å²) in [6.45, 7) is 6.78. The van der Waals surface area contributed by atoms with Crippen molar-refractivity contribution < 1.29 is 4.79 Å². The maximum atomic E-state index is 13.0. The molecule has 0 spiro atoms. The maximum absolute atomic E-state index is 13.0. The van der Waals surface area contributed by atoms with E-state index in [1.807, 2.05) is 45.0 Å². The van der Waals surface area contributed by atoms with Gasteiger partial charge in [-0.3, -0.25) is 14.3 Å². The van der Waals surface area contributed by atoms with Gasteiger partial charge < -0.3 is 16.5 Å². The van der Waals surface area contributed by atoms with Crippen molar-refractivity contribution in [3.8, 4) is 0 Å². The number of carbonyl (C=O) groups is 1. The summed E-state index contributed by atoms with van der Waals surface area (Å²) in [4.78, 5) is 25.6. The Bertz CT molecular complexity index is 1200. The summed E-state index contributed by atoms with van der Waals surface area (Å²) >= 11 is 6.27. The number of aromatic nitrogens is 3. The van der Waals surface area contributed by atoms with Gasteiger partial charge in [-0.2, -0.15) is 5.10 Å². The highest BCUT2D eigenvalue weighted by Gasteiger charge is 2.15. The van der Waals surface area contributed by atoms with Gasteiger partial charge in [0.05, 0.1) is 18.7 Å². The maximum Gasteiger partial charge on any atom is 0.272 e. The fourth-order valence-corrected chi connectivity index (χ4v) is 3.82. The zero-order valence-electron chi connectivity index (χ0n) is 18.8. The molecule has 8 nitrogen and oxygen atoms in total. The van der Waals surface area contributed by atoms with E-state index in [2.05, 4.69) is 15.8 Å². The number of nitrogens with one attached hydrogen (secondary N) is 2. The van der Waals surface area contributed by atoms with E-state index in [-0.39, 0.29) is 17.9 Å². The molecule has 3 rings (SSSR count). The Balaban J connectivity index is 1.71. The second-order valence-electron chi connectivity index (χ2n) is 7.90. The van der Waals surface area contributed by atoms with Crippen LogP contribution in [0.2, 0.25) is 5.15 Å². The number of aryl methyl sites for hydroxylation is 4. The number of hydrogen-bond donors (Lipinski definition) is 3. The van der Waals surface area contributed by atoms with Crippen LogP contribution in [0.4, 0.5) is 0 Å². The van der Waals surface area contributed by atoms with Crippen LogP contribution in [0.1, 0.15) is 39.1 Å². The Morgan fingerprint density at radius 2 is 1.88 bits per heavy atom. The smallest absolute Gasteiger partial charge is 0.272 e. The molecule has 9 heteroatoms. The van der Waals surface area contributed by atoms with Crippen molar-refractivity contribution in [3.05, 3.63) is 85.0 Å². The lowest BCUT2D eigenvalue weighted by atomic mass is 10.0. The van der Waals surface area contributed by atoms with Crippen molar-refractivity contribution in [2.75, 3.05) is 5.43 Å². The van der Waals surface area contributed by atoms with Crippen LogP contribution < -0.4 is 22.0 Å². The first kappa shape index (κ1) is 23.6. The molecule has 0 aliphatic heterocycles. The van der Waals surface area contributed by atoms with Gasteiger partial charge in [-0.1, -0.05) is 35.4 Å². The molecule has 0 aliphatic rings. The van der Waals surface area contributed by atoms with Crippen LogP contribution in [0, 0.1) is 20.8 Å². The Hall–Kier alpha value is -3.10. The molecule has 0 fully saturated rings. The lowest BCUT2D eigenvalue weighted by Crippen LogP contribution is -2.34. The number of carbonyl (C=O) groups excluding carboxylic acids is 1. The van der Waals surface area contributed by atoms with E-state index < -0.39 is 0 Å². The largest absolute Gasteiger partial charge is 0.352 e. The predicted octanol–water partition coefficient (Wildman–Crippen LogP) is 2.22. The van der Waals surface area contributed by atoms with Crippen LogP contribution in [0.5, 0.6) is 0 Å². The number of rotatable bonds is 8. The van der Waals surface area contributed by atoms with Gasteiger partial charge in [0.1, 0.15) is 5.15 Å². The molecular weight excluding hydrogens is 428 g/mol. The fourth-order valence-electron chi connectivity index (χ4n) is 3.58. The van der Waals surface area contributed by atoms with Crippen molar-refractivity contribution in [1.29, 1.82) is 0 Å². The molecule has 0 bridgehead atoms. The highest BCUT2D eigenvalue weighted by atomic mass is 35.5. The lowest BCUT2D eigenvalue weighted by Gasteiger charge is -2.14. The van der Waals surface area contributed by atoms with Gasteiger partial charge >= 0.3 is 0 Å². The summed E-state index contributed by atoms with van der Waals surface area (Å²) in [5.41, 5.74) is 14.5. The monoisotopic (exact) mass is 456 g/mol. The van der Waals surface area contributed by atoms with Crippen molar-refractivity contribution in [3.63, 3.8) is 0 Å². The molecule has 0 radical (unpaired) electrons. The molecule has 1 amide bonds. The molecule has 1 aromatic carbocycles. The number of nitrogens with zero attached hydrogens (tertiary/aromatic N) is 3. The third-order valence-electron chi connectivity index (χ3n) is 5.52. The second kappa shape index (κ2) is 10.0. The Morgan fingerprint density at radius 1 is 1.12 bits per heavy atom. The minimum atomic E-state index is -0.268. The van der Waals surface area contributed by atoms with Crippen molar-refractivity contribution >= 4 is 17.5 Å². The van der Waals surface area contributed by atoms with Crippen LogP contribution in [0.15, 0.2) is 35.3 Å². The molecule has 0 aliphatic carbocycles. The quantitative estimate of drug-likeness (QED) is 0.481. The summed E-state index contributed by atoms with van der Waals surface area (Å²) in [7, 11) is 1.76. The zero-order chi connectivity index (χ0) is 23.4. The van der Waals surface area contributed by atoms with Gasteiger partial charge in [-0.15, -0.1) is 0 Å². The third-order valence-corrected chi connectivity index (χ3v) is 5.99. The number of amides is 1.